The molecule has 0 fully saturated rings. The SMILES string of the molecule is [C-]#[N+]c1cccc(-c2cc(-c3cc(-c4ccccc4)nc(-c4ccccc4)n3)cc(-c3cccc(C#N)c3)c2-n2c3ccccc3c3cc(-c4cc(C)cc(C(F)(F)F)c4)ccc32)c1. The second kappa shape index (κ2) is 16.0. The van der Waals surface area contributed by atoms with E-state index in [0.29, 0.717) is 39.5 Å². The van der Waals surface area contributed by atoms with Gasteiger partial charge in [-0.15, -0.1) is 0 Å². The first-order chi connectivity index (χ1) is 31.1. The summed E-state index contributed by atoms with van der Waals surface area (Å²) in [6.45, 7) is 9.66. The molecular weight excluding hydrogens is 800 g/mol. The average molecular weight is 834 g/mol. The summed E-state index contributed by atoms with van der Waals surface area (Å²) in [5.41, 5.74) is 11.5. The van der Waals surface area contributed by atoms with Gasteiger partial charge in [-0.1, -0.05) is 121 Å². The number of nitrogens with zero attached hydrogens (tertiary/aromatic N) is 5. The summed E-state index contributed by atoms with van der Waals surface area (Å²) in [5, 5.41) is 11.9. The van der Waals surface area contributed by atoms with Crippen molar-refractivity contribution < 1.29 is 13.2 Å². The molecule has 0 aliphatic carbocycles. The van der Waals surface area contributed by atoms with E-state index in [0.717, 1.165) is 78.2 Å². The van der Waals surface area contributed by atoms with Crippen LogP contribution >= 0.6 is 0 Å². The van der Waals surface area contributed by atoms with Gasteiger partial charge < -0.3 is 4.57 Å². The van der Waals surface area contributed by atoms with Gasteiger partial charge >= 0.3 is 6.18 Å². The number of hydrogen-bond donors (Lipinski definition) is 0. The van der Waals surface area contributed by atoms with Crippen LogP contribution in [0.15, 0.2) is 188 Å². The van der Waals surface area contributed by atoms with Crippen molar-refractivity contribution in [2.75, 3.05) is 0 Å². The van der Waals surface area contributed by atoms with E-state index in [1.54, 1.807) is 25.1 Å². The van der Waals surface area contributed by atoms with Gasteiger partial charge in [0.1, 0.15) is 0 Å². The number of para-hydroxylation sites is 1. The topological polar surface area (TPSA) is 58.9 Å². The number of rotatable bonds is 7. The third-order valence-corrected chi connectivity index (χ3v) is 11.5. The van der Waals surface area contributed by atoms with Crippen molar-refractivity contribution in [1.82, 2.24) is 14.5 Å². The number of nitriles is 1. The second-order valence-electron chi connectivity index (χ2n) is 15.6. The predicted molar refractivity (Wildman–Crippen MR) is 250 cm³/mol. The van der Waals surface area contributed by atoms with Crippen LogP contribution in [0.2, 0.25) is 0 Å². The van der Waals surface area contributed by atoms with Crippen molar-refractivity contribution in [3.63, 3.8) is 0 Å². The predicted octanol–water partition coefficient (Wildman–Crippen LogP) is 15.3. The number of benzene rings is 8. The molecule has 0 bridgehead atoms. The Morgan fingerprint density at radius 2 is 1.16 bits per heavy atom. The molecule has 304 valence electrons. The van der Waals surface area contributed by atoms with Gasteiger partial charge in [0, 0.05) is 38.6 Å². The van der Waals surface area contributed by atoms with Crippen LogP contribution < -0.4 is 0 Å². The number of fused-ring (bicyclic) bond motifs is 3. The highest BCUT2D eigenvalue weighted by Gasteiger charge is 2.31. The normalized spacial score (nSPS) is 11.4. The van der Waals surface area contributed by atoms with E-state index in [1.165, 1.54) is 6.07 Å². The minimum absolute atomic E-state index is 0.463. The van der Waals surface area contributed by atoms with Gasteiger partial charge in [0.25, 0.3) is 0 Å². The molecule has 2 heterocycles. The fourth-order valence-corrected chi connectivity index (χ4v) is 8.54. The Bertz CT molecular complexity index is 3390. The molecule has 0 saturated heterocycles. The maximum absolute atomic E-state index is 14.1. The quantitative estimate of drug-likeness (QED) is 0.150. The molecule has 0 amide bonds. The maximum Gasteiger partial charge on any atom is 0.416 e. The minimum Gasteiger partial charge on any atom is -0.308 e. The summed E-state index contributed by atoms with van der Waals surface area (Å²) >= 11 is 0. The first-order valence-corrected chi connectivity index (χ1v) is 20.5. The van der Waals surface area contributed by atoms with Crippen molar-refractivity contribution in [3.8, 4) is 79.0 Å². The Morgan fingerprint density at radius 3 is 1.86 bits per heavy atom. The van der Waals surface area contributed by atoms with E-state index in [9.17, 15) is 18.4 Å². The van der Waals surface area contributed by atoms with Crippen LogP contribution in [0, 0.1) is 24.8 Å². The van der Waals surface area contributed by atoms with Gasteiger partial charge in [-0.3, -0.25) is 0 Å². The van der Waals surface area contributed by atoms with E-state index in [-0.39, 0.29) is 0 Å². The van der Waals surface area contributed by atoms with Crippen LogP contribution in [0.1, 0.15) is 16.7 Å². The molecule has 0 aliphatic rings. The fourth-order valence-electron chi connectivity index (χ4n) is 8.54. The molecule has 0 aliphatic heterocycles. The molecule has 10 aromatic rings. The number of halogens is 3. The van der Waals surface area contributed by atoms with Crippen LogP contribution in [0.4, 0.5) is 18.9 Å². The number of aromatic nitrogens is 3. The summed E-state index contributed by atoms with van der Waals surface area (Å²) < 4.78 is 44.4. The third kappa shape index (κ3) is 7.34. The van der Waals surface area contributed by atoms with Gasteiger partial charge in [0.2, 0.25) is 0 Å². The molecular formula is C56H34F3N5. The van der Waals surface area contributed by atoms with Crippen molar-refractivity contribution >= 4 is 27.5 Å². The minimum atomic E-state index is -4.49. The van der Waals surface area contributed by atoms with Crippen molar-refractivity contribution in [2.24, 2.45) is 0 Å². The van der Waals surface area contributed by atoms with Gasteiger partial charge in [-0.25, -0.2) is 14.8 Å². The summed E-state index contributed by atoms with van der Waals surface area (Å²) in [6, 6.07) is 61.2. The molecule has 0 N–H and O–H groups in total. The maximum atomic E-state index is 14.1. The van der Waals surface area contributed by atoms with Crippen LogP contribution in [0.5, 0.6) is 0 Å². The Morgan fingerprint density at radius 1 is 0.531 bits per heavy atom. The Hall–Kier alpha value is -8.59. The first-order valence-electron chi connectivity index (χ1n) is 20.5. The van der Waals surface area contributed by atoms with E-state index in [1.807, 2.05) is 146 Å². The van der Waals surface area contributed by atoms with Crippen LogP contribution in [0.3, 0.4) is 0 Å². The lowest BCUT2D eigenvalue weighted by molar-refractivity contribution is -0.137. The molecule has 8 aromatic carbocycles. The van der Waals surface area contributed by atoms with Crippen LogP contribution in [0.25, 0.3) is 99.6 Å². The Balaban J connectivity index is 1.31. The monoisotopic (exact) mass is 833 g/mol. The average Bonchev–Trinajstić information content (AvgIpc) is 3.66. The molecule has 0 saturated carbocycles. The molecule has 5 nitrogen and oxygen atoms in total. The fraction of sp³-hybridized carbons (Fsp3) is 0.0357. The van der Waals surface area contributed by atoms with Crippen molar-refractivity contribution in [1.29, 1.82) is 5.26 Å². The van der Waals surface area contributed by atoms with Gasteiger partial charge in [0.15, 0.2) is 11.5 Å². The lowest BCUT2D eigenvalue weighted by Gasteiger charge is -2.21. The molecule has 10 rings (SSSR count). The molecule has 8 heteroatoms. The van der Waals surface area contributed by atoms with Gasteiger partial charge in [-0.05, 0) is 101 Å². The van der Waals surface area contributed by atoms with E-state index < -0.39 is 11.7 Å². The smallest absolute Gasteiger partial charge is 0.308 e. The molecule has 0 radical (unpaired) electrons. The second-order valence-corrected chi connectivity index (χ2v) is 15.6. The summed E-state index contributed by atoms with van der Waals surface area (Å²) in [6.07, 6.45) is -4.49. The highest BCUT2D eigenvalue weighted by molar-refractivity contribution is 6.12. The first kappa shape index (κ1) is 39.5. The molecule has 0 atom stereocenters. The zero-order valence-corrected chi connectivity index (χ0v) is 34.3. The number of aryl methyl sites for hydroxylation is 1. The Kier molecular flexibility index (Phi) is 9.90. The lowest BCUT2D eigenvalue weighted by atomic mass is 9.91. The van der Waals surface area contributed by atoms with Gasteiger partial charge in [-0.2, -0.15) is 18.4 Å². The Labute approximate surface area is 367 Å². The highest BCUT2D eigenvalue weighted by atomic mass is 19.4. The van der Waals surface area contributed by atoms with Crippen LogP contribution in [-0.4, -0.2) is 14.5 Å². The third-order valence-electron chi connectivity index (χ3n) is 11.5. The molecule has 2 aromatic heterocycles. The van der Waals surface area contributed by atoms with E-state index >= 15 is 0 Å². The summed E-state index contributed by atoms with van der Waals surface area (Å²) in [5.74, 6) is 0.555. The molecule has 0 unspecified atom stereocenters. The lowest BCUT2D eigenvalue weighted by Crippen LogP contribution is -2.05. The molecule has 64 heavy (non-hydrogen) atoms. The van der Waals surface area contributed by atoms with Crippen molar-refractivity contribution in [3.05, 3.63) is 216 Å². The van der Waals surface area contributed by atoms with E-state index in [4.69, 9.17) is 16.5 Å². The standard InChI is InChI=1S/C56H34F3N5/c1-35-25-42(28-44(26-35)56(57,58)59)39-23-24-53-49(30-39)46-21-9-10-22-52(46)64(53)54-47(40-18-11-13-36(27-40)34-60)31-43(32-48(54)41-19-12-20-45(29-41)61-2)51-33-50(37-14-5-3-6-15-37)62-55(63-51)38-16-7-4-8-17-38/h3-33H,1H3. The largest absolute Gasteiger partial charge is 0.416 e. The number of alkyl halides is 3. The summed E-state index contributed by atoms with van der Waals surface area (Å²) in [7, 11) is 0. The zero-order valence-electron chi connectivity index (χ0n) is 34.3. The number of hydrogen-bond acceptors (Lipinski definition) is 3. The highest BCUT2D eigenvalue weighted by Crippen LogP contribution is 2.45. The summed E-state index contributed by atoms with van der Waals surface area (Å²) in [4.78, 5) is 14.1. The van der Waals surface area contributed by atoms with Gasteiger partial charge in [0.05, 0.1) is 51.9 Å². The molecule has 0 spiro atoms. The van der Waals surface area contributed by atoms with Crippen LogP contribution in [-0.2, 0) is 6.18 Å². The van der Waals surface area contributed by atoms with E-state index in [2.05, 4.69) is 27.6 Å². The van der Waals surface area contributed by atoms with Crippen molar-refractivity contribution in [2.45, 2.75) is 13.1 Å². The zero-order chi connectivity index (χ0) is 44.0.